The Morgan fingerprint density at radius 3 is 2.57 bits per heavy atom. The maximum Gasteiger partial charge on any atom is 0.190 e. The van der Waals surface area contributed by atoms with E-state index in [9.17, 15) is 4.39 Å². The third-order valence-electron chi connectivity index (χ3n) is 4.51. The molecule has 28 heavy (non-hydrogen) atoms. The van der Waals surface area contributed by atoms with E-state index < -0.39 is 0 Å². The van der Waals surface area contributed by atoms with Crippen LogP contribution in [0.5, 0.6) is 0 Å². The number of benzene rings is 2. The minimum absolute atomic E-state index is 0.209. The maximum absolute atomic E-state index is 14.5. The van der Waals surface area contributed by atoms with E-state index in [1.54, 1.807) is 11.0 Å². The summed E-state index contributed by atoms with van der Waals surface area (Å²) in [5.41, 5.74) is 3.28. The first kappa shape index (κ1) is 19.6. The molecule has 146 valence electrons. The molecule has 0 aliphatic carbocycles. The van der Waals surface area contributed by atoms with Gasteiger partial charge in [0.1, 0.15) is 11.6 Å². The van der Waals surface area contributed by atoms with Gasteiger partial charge < -0.3 is 14.7 Å². The van der Waals surface area contributed by atoms with Crippen LogP contribution in [0.3, 0.4) is 0 Å². The summed E-state index contributed by atoms with van der Waals surface area (Å²) in [6, 6.07) is 16.9. The predicted octanol–water partition coefficient (Wildman–Crippen LogP) is 3.89. The van der Waals surface area contributed by atoms with Crippen molar-refractivity contribution < 1.29 is 8.91 Å². The van der Waals surface area contributed by atoms with Crippen molar-refractivity contribution >= 4 is 5.96 Å². The molecule has 3 rings (SSSR count). The van der Waals surface area contributed by atoms with Crippen LogP contribution in [0.4, 0.5) is 4.39 Å². The Kier molecular flexibility index (Phi) is 6.42. The van der Waals surface area contributed by atoms with Crippen LogP contribution in [0.2, 0.25) is 0 Å². The molecule has 0 amide bonds. The predicted molar refractivity (Wildman–Crippen MR) is 109 cm³/mol. The average Bonchev–Trinajstić information content (AvgIpc) is 3.14. The lowest BCUT2D eigenvalue weighted by Crippen LogP contribution is -2.36. The number of hydrogen-bond donors (Lipinski definition) is 2. The molecule has 5 nitrogen and oxygen atoms in total. The zero-order valence-electron chi connectivity index (χ0n) is 16.2. The smallest absolute Gasteiger partial charge is 0.190 e. The van der Waals surface area contributed by atoms with Crippen molar-refractivity contribution in [1.29, 1.82) is 5.41 Å². The van der Waals surface area contributed by atoms with Crippen molar-refractivity contribution in [1.82, 2.24) is 15.4 Å². The summed E-state index contributed by atoms with van der Waals surface area (Å²) < 4.78 is 19.8. The first-order valence-corrected chi connectivity index (χ1v) is 9.31. The highest BCUT2D eigenvalue weighted by molar-refractivity contribution is 5.75. The molecule has 2 N–H and O–H groups in total. The fraction of sp³-hybridized carbons (Fsp3) is 0.273. The van der Waals surface area contributed by atoms with Gasteiger partial charge in [-0.05, 0) is 30.0 Å². The monoisotopic (exact) mass is 380 g/mol. The van der Waals surface area contributed by atoms with E-state index in [1.165, 1.54) is 0 Å². The van der Waals surface area contributed by atoms with Crippen molar-refractivity contribution in [2.75, 3.05) is 20.6 Å². The summed E-state index contributed by atoms with van der Waals surface area (Å²) in [4.78, 5) is 1.70. The normalized spacial score (nSPS) is 10.7. The second kappa shape index (κ2) is 9.17. The molecule has 0 saturated carbocycles. The van der Waals surface area contributed by atoms with Gasteiger partial charge in [-0.3, -0.25) is 5.41 Å². The number of guanidine groups is 1. The first-order chi connectivity index (χ1) is 13.5. The molecule has 0 spiro atoms. The molecule has 0 aliphatic rings. The lowest BCUT2D eigenvalue weighted by atomic mass is 10.0. The van der Waals surface area contributed by atoms with E-state index in [4.69, 9.17) is 9.93 Å². The molecule has 0 unspecified atom stereocenters. The fourth-order valence-corrected chi connectivity index (χ4v) is 2.89. The Bertz CT molecular complexity index is 921. The van der Waals surface area contributed by atoms with Crippen LogP contribution in [-0.4, -0.2) is 36.7 Å². The maximum atomic E-state index is 14.5. The van der Waals surface area contributed by atoms with Crippen LogP contribution in [0.25, 0.3) is 11.1 Å². The number of nitrogens with one attached hydrogen (secondary N) is 2. The van der Waals surface area contributed by atoms with Crippen LogP contribution in [0.1, 0.15) is 17.0 Å². The van der Waals surface area contributed by atoms with Crippen LogP contribution in [0, 0.1) is 11.2 Å². The van der Waals surface area contributed by atoms with E-state index in [0.717, 1.165) is 22.6 Å². The summed E-state index contributed by atoms with van der Waals surface area (Å²) >= 11 is 0. The van der Waals surface area contributed by atoms with E-state index >= 15 is 0 Å². The van der Waals surface area contributed by atoms with Gasteiger partial charge in [0, 0.05) is 38.7 Å². The average molecular weight is 380 g/mol. The number of halogens is 1. The zero-order chi connectivity index (χ0) is 19.9. The Hall–Kier alpha value is -3.15. The van der Waals surface area contributed by atoms with Gasteiger partial charge >= 0.3 is 0 Å². The molecule has 6 heteroatoms. The van der Waals surface area contributed by atoms with Crippen LogP contribution in [0.15, 0.2) is 59.1 Å². The van der Waals surface area contributed by atoms with Crippen molar-refractivity contribution in [3.05, 3.63) is 77.4 Å². The van der Waals surface area contributed by atoms with Gasteiger partial charge in [0.25, 0.3) is 0 Å². The molecule has 0 saturated heterocycles. The number of nitrogens with zero attached hydrogens (tertiary/aromatic N) is 2. The van der Waals surface area contributed by atoms with Gasteiger partial charge in [0.2, 0.25) is 0 Å². The molecule has 2 aromatic carbocycles. The van der Waals surface area contributed by atoms with E-state index in [2.05, 4.69) is 10.5 Å². The molecule has 3 aromatic rings. The molecular weight excluding hydrogens is 355 g/mol. The summed E-state index contributed by atoms with van der Waals surface area (Å²) in [6.45, 7) is 0.609. The van der Waals surface area contributed by atoms with Gasteiger partial charge in [-0.1, -0.05) is 47.6 Å². The standard InChI is InChI=1S/C22H25FN4O/c1-27(2)22(24)25-13-12-19-15-18(26-28-19)10-8-16-9-11-20(21(23)14-16)17-6-4-3-5-7-17/h3-7,9,11,14-15H,8,10,12-13H2,1-2H3,(H2,24,25). The highest BCUT2D eigenvalue weighted by Crippen LogP contribution is 2.23. The van der Waals surface area contributed by atoms with Gasteiger partial charge in [0.15, 0.2) is 5.96 Å². The van der Waals surface area contributed by atoms with Gasteiger partial charge in [-0.15, -0.1) is 0 Å². The van der Waals surface area contributed by atoms with Crippen molar-refractivity contribution in [3.63, 3.8) is 0 Å². The summed E-state index contributed by atoms with van der Waals surface area (Å²) in [5, 5.41) is 14.8. The van der Waals surface area contributed by atoms with Gasteiger partial charge in [-0.2, -0.15) is 0 Å². The van der Waals surface area contributed by atoms with Crippen molar-refractivity contribution in [3.8, 4) is 11.1 Å². The lowest BCUT2D eigenvalue weighted by Gasteiger charge is -2.14. The third kappa shape index (κ3) is 5.19. The van der Waals surface area contributed by atoms with Crippen LogP contribution in [-0.2, 0) is 19.3 Å². The van der Waals surface area contributed by atoms with E-state index in [-0.39, 0.29) is 5.82 Å². The molecular formula is C22H25FN4O. The minimum Gasteiger partial charge on any atom is -0.361 e. The Labute approximate surface area is 164 Å². The first-order valence-electron chi connectivity index (χ1n) is 9.31. The largest absolute Gasteiger partial charge is 0.361 e. The summed E-state index contributed by atoms with van der Waals surface area (Å²) in [6.07, 6.45) is 2.04. The Morgan fingerprint density at radius 1 is 1.07 bits per heavy atom. The van der Waals surface area contributed by atoms with Gasteiger partial charge in [0.05, 0.1) is 5.69 Å². The van der Waals surface area contributed by atoms with Crippen LogP contribution < -0.4 is 5.32 Å². The van der Waals surface area contributed by atoms with Crippen molar-refractivity contribution in [2.45, 2.75) is 19.3 Å². The molecule has 1 aromatic heterocycles. The number of aromatic nitrogens is 1. The van der Waals surface area contributed by atoms with E-state index in [1.807, 2.05) is 62.6 Å². The molecule has 0 fully saturated rings. The van der Waals surface area contributed by atoms with Crippen molar-refractivity contribution in [2.24, 2.45) is 0 Å². The quantitative estimate of drug-likeness (QED) is 0.482. The molecule has 0 aliphatic heterocycles. The molecule has 0 bridgehead atoms. The Balaban J connectivity index is 1.53. The SMILES string of the molecule is CN(C)C(=N)NCCc1cc(CCc2ccc(-c3ccccc3)c(F)c2)no1. The molecule has 1 heterocycles. The molecule has 0 radical (unpaired) electrons. The number of rotatable bonds is 7. The number of hydrogen-bond acceptors (Lipinski definition) is 3. The topological polar surface area (TPSA) is 65.2 Å². The highest BCUT2D eigenvalue weighted by atomic mass is 19.1. The summed E-state index contributed by atoms with van der Waals surface area (Å²) in [7, 11) is 3.63. The minimum atomic E-state index is -0.209. The lowest BCUT2D eigenvalue weighted by molar-refractivity contribution is 0.376. The van der Waals surface area contributed by atoms with Gasteiger partial charge in [-0.25, -0.2) is 4.39 Å². The second-order valence-corrected chi connectivity index (χ2v) is 6.88. The summed E-state index contributed by atoms with van der Waals surface area (Å²) in [5.74, 6) is 0.930. The fourth-order valence-electron chi connectivity index (χ4n) is 2.89. The Morgan fingerprint density at radius 2 is 1.86 bits per heavy atom. The van der Waals surface area contributed by atoms with E-state index in [0.29, 0.717) is 37.3 Å². The second-order valence-electron chi connectivity index (χ2n) is 6.88. The third-order valence-corrected chi connectivity index (χ3v) is 4.51. The number of aryl methyl sites for hydroxylation is 2. The zero-order valence-corrected chi connectivity index (χ0v) is 16.2. The molecule has 0 atom stereocenters. The highest BCUT2D eigenvalue weighted by Gasteiger charge is 2.08. The van der Waals surface area contributed by atoms with Crippen LogP contribution >= 0.6 is 0 Å².